The molecule has 0 radical (unpaired) electrons. The summed E-state index contributed by atoms with van der Waals surface area (Å²) in [7, 11) is 1.98. The summed E-state index contributed by atoms with van der Waals surface area (Å²) in [6.07, 6.45) is 2.45. The zero-order valence-electron chi connectivity index (χ0n) is 17.1. The number of nitrogens with zero attached hydrogens (tertiary/aromatic N) is 4. The van der Waals surface area contributed by atoms with Gasteiger partial charge in [0.1, 0.15) is 11.9 Å². The molecule has 1 aromatic carbocycles. The first-order valence-electron chi connectivity index (χ1n) is 9.57. The molecular weight excluding hydrogens is 350 g/mol. The van der Waals surface area contributed by atoms with E-state index in [0.29, 0.717) is 11.5 Å². The van der Waals surface area contributed by atoms with E-state index in [-0.39, 0.29) is 0 Å². The number of hydrogen-bond acceptors (Lipinski definition) is 5. The Kier molecular flexibility index (Phi) is 7.82. The molecule has 28 heavy (non-hydrogen) atoms. The molecule has 1 aromatic heterocycles. The Bertz CT molecular complexity index is 803. The van der Waals surface area contributed by atoms with Gasteiger partial charge >= 0.3 is 0 Å². The molecule has 1 aliphatic rings. The third-order valence-electron chi connectivity index (χ3n) is 4.84. The van der Waals surface area contributed by atoms with Crippen LogP contribution in [-0.2, 0) is 4.79 Å². The van der Waals surface area contributed by atoms with Gasteiger partial charge in [-0.05, 0) is 36.1 Å². The van der Waals surface area contributed by atoms with Crippen molar-refractivity contribution in [3.8, 4) is 6.07 Å². The Morgan fingerprint density at radius 2 is 1.89 bits per heavy atom. The highest BCUT2D eigenvalue weighted by molar-refractivity contribution is 5.57. The molecule has 1 aliphatic heterocycles. The highest BCUT2D eigenvalue weighted by Crippen LogP contribution is 2.26. The lowest BCUT2D eigenvalue weighted by molar-refractivity contribution is -0.118. The Morgan fingerprint density at radius 3 is 2.36 bits per heavy atom. The van der Waals surface area contributed by atoms with E-state index >= 15 is 0 Å². The quantitative estimate of drug-likeness (QED) is 0.825. The van der Waals surface area contributed by atoms with Crippen LogP contribution in [0.25, 0.3) is 0 Å². The van der Waals surface area contributed by atoms with E-state index in [1.54, 1.807) is 17.2 Å². The van der Waals surface area contributed by atoms with Crippen LogP contribution in [0.1, 0.15) is 36.5 Å². The first kappa shape index (κ1) is 21.2. The third kappa shape index (κ3) is 5.46. The number of carbonyl (C=O) groups is 1. The number of nitrogens with one attached hydrogen (secondary N) is 1. The first-order chi connectivity index (χ1) is 13.5. The fourth-order valence-electron chi connectivity index (χ4n) is 3.21. The standard InChI is InChI=1S/C11H12N4O.C11H17N/c12-7-10-1-2-11(13-8-10)15-5-3-14(9-16)4-6-15;1-8(2)10-7-5-6-9(3)11(10)12-4/h1-2,8-9H,3-6H2;5-8,12H,1-4H3. The minimum absolute atomic E-state index is 0.565. The van der Waals surface area contributed by atoms with Crippen molar-refractivity contribution in [3.63, 3.8) is 0 Å². The number of rotatable bonds is 4. The molecule has 0 bridgehead atoms. The maximum Gasteiger partial charge on any atom is 0.209 e. The minimum Gasteiger partial charge on any atom is -0.388 e. The van der Waals surface area contributed by atoms with Gasteiger partial charge in [-0.25, -0.2) is 4.98 Å². The second-order valence-electron chi connectivity index (χ2n) is 7.09. The molecule has 1 amide bonds. The van der Waals surface area contributed by atoms with E-state index in [1.165, 1.54) is 16.8 Å². The summed E-state index contributed by atoms with van der Waals surface area (Å²) < 4.78 is 0. The number of aromatic nitrogens is 1. The largest absolute Gasteiger partial charge is 0.388 e. The molecule has 6 heteroatoms. The van der Waals surface area contributed by atoms with E-state index in [2.05, 4.69) is 54.2 Å². The van der Waals surface area contributed by atoms with Gasteiger partial charge in [-0.1, -0.05) is 32.0 Å². The van der Waals surface area contributed by atoms with Gasteiger partial charge < -0.3 is 15.1 Å². The molecule has 0 atom stereocenters. The van der Waals surface area contributed by atoms with Crippen LogP contribution in [0.5, 0.6) is 0 Å². The molecule has 0 aliphatic carbocycles. The Hall–Kier alpha value is -3.07. The number of anilines is 2. The average Bonchev–Trinajstić information content (AvgIpc) is 2.74. The molecule has 3 rings (SSSR count). The Labute approximate surface area is 167 Å². The van der Waals surface area contributed by atoms with Gasteiger partial charge in [0.05, 0.1) is 5.56 Å². The summed E-state index contributed by atoms with van der Waals surface area (Å²) in [5.74, 6) is 1.46. The first-order valence-corrected chi connectivity index (χ1v) is 9.57. The molecule has 0 spiro atoms. The minimum atomic E-state index is 0.565. The number of piperazine rings is 1. The van der Waals surface area contributed by atoms with Crippen LogP contribution in [0.3, 0.4) is 0 Å². The molecule has 1 fully saturated rings. The molecule has 1 N–H and O–H groups in total. The Morgan fingerprint density at radius 1 is 1.18 bits per heavy atom. The summed E-state index contributed by atoms with van der Waals surface area (Å²) in [4.78, 5) is 18.6. The summed E-state index contributed by atoms with van der Waals surface area (Å²) in [6.45, 7) is 9.61. The van der Waals surface area contributed by atoms with Crippen molar-refractivity contribution in [2.45, 2.75) is 26.7 Å². The normalized spacial score (nSPS) is 13.4. The van der Waals surface area contributed by atoms with Gasteiger partial charge in [0, 0.05) is 45.1 Å². The van der Waals surface area contributed by atoms with Crippen molar-refractivity contribution in [2.75, 3.05) is 43.4 Å². The van der Waals surface area contributed by atoms with E-state index in [9.17, 15) is 4.79 Å². The van der Waals surface area contributed by atoms with Crippen LogP contribution in [-0.4, -0.2) is 49.5 Å². The lowest BCUT2D eigenvalue weighted by Crippen LogP contribution is -2.46. The zero-order chi connectivity index (χ0) is 20.5. The van der Waals surface area contributed by atoms with E-state index in [0.717, 1.165) is 38.4 Å². The number of aryl methyl sites for hydroxylation is 1. The monoisotopic (exact) mass is 379 g/mol. The van der Waals surface area contributed by atoms with Gasteiger partial charge in [-0.2, -0.15) is 5.26 Å². The maximum atomic E-state index is 10.5. The SMILES string of the molecule is CNc1c(C)cccc1C(C)C.N#Cc1ccc(N2CCN(C=O)CC2)nc1. The van der Waals surface area contributed by atoms with Gasteiger partial charge in [-0.15, -0.1) is 0 Å². The van der Waals surface area contributed by atoms with Crippen molar-refractivity contribution >= 4 is 17.9 Å². The summed E-state index contributed by atoms with van der Waals surface area (Å²) in [5.41, 5.74) is 4.57. The number of nitriles is 1. The van der Waals surface area contributed by atoms with Crippen LogP contribution in [0.2, 0.25) is 0 Å². The number of pyridine rings is 1. The van der Waals surface area contributed by atoms with Crippen molar-refractivity contribution in [1.82, 2.24) is 9.88 Å². The number of para-hydroxylation sites is 1. The van der Waals surface area contributed by atoms with Crippen LogP contribution >= 0.6 is 0 Å². The second-order valence-corrected chi connectivity index (χ2v) is 7.09. The van der Waals surface area contributed by atoms with Crippen molar-refractivity contribution in [3.05, 3.63) is 53.2 Å². The van der Waals surface area contributed by atoms with E-state index < -0.39 is 0 Å². The van der Waals surface area contributed by atoms with Crippen molar-refractivity contribution in [2.24, 2.45) is 0 Å². The fourth-order valence-corrected chi connectivity index (χ4v) is 3.21. The van der Waals surface area contributed by atoms with E-state index in [1.807, 2.05) is 19.2 Å². The summed E-state index contributed by atoms with van der Waals surface area (Å²) >= 11 is 0. The fraction of sp³-hybridized carbons (Fsp3) is 0.409. The lowest BCUT2D eigenvalue weighted by Gasteiger charge is -2.33. The summed E-state index contributed by atoms with van der Waals surface area (Å²) in [6, 6.07) is 12.1. The molecule has 1 saturated heterocycles. The van der Waals surface area contributed by atoms with E-state index in [4.69, 9.17) is 5.26 Å². The lowest BCUT2D eigenvalue weighted by atomic mass is 9.98. The number of benzene rings is 1. The van der Waals surface area contributed by atoms with Crippen LogP contribution in [0.4, 0.5) is 11.5 Å². The summed E-state index contributed by atoms with van der Waals surface area (Å²) in [5, 5.41) is 11.9. The molecule has 6 nitrogen and oxygen atoms in total. The molecular formula is C22H29N5O. The van der Waals surface area contributed by atoms with Crippen molar-refractivity contribution < 1.29 is 4.79 Å². The van der Waals surface area contributed by atoms with Crippen LogP contribution in [0.15, 0.2) is 36.5 Å². The molecule has 0 unspecified atom stereocenters. The zero-order valence-corrected chi connectivity index (χ0v) is 17.1. The average molecular weight is 380 g/mol. The molecule has 148 valence electrons. The van der Waals surface area contributed by atoms with Crippen LogP contribution < -0.4 is 10.2 Å². The number of carbonyl (C=O) groups excluding carboxylic acids is 1. The molecule has 2 heterocycles. The number of amides is 1. The second kappa shape index (κ2) is 10.3. The van der Waals surface area contributed by atoms with Gasteiger partial charge in [-0.3, -0.25) is 4.79 Å². The highest BCUT2D eigenvalue weighted by atomic mass is 16.1. The predicted octanol–water partition coefficient (Wildman–Crippen LogP) is 3.39. The maximum absolute atomic E-state index is 10.5. The third-order valence-corrected chi connectivity index (χ3v) is 4.84. The molecule has 2 aromatic rings. The van der Waals surface area contributed by atoms with Crippen molar-refractivity contribution in [1.29, 1.82) is 5.26 Å². The van der Waals surface area contributed by atoms with Gasteiger partial charge in [0.25, 0.3) is 0 Å². The highest BCUT2D eigenvalue weighted by Gasteiger charge is 2.16. The smallest absolute Gasteiger partial charge is 0.209 e. The van der Waals surface area contributed by atoms with Gasteiger partial charge in [0.2, 0.25) is 6.41 Å². The topological polar surface area (TPSA) is 72.3 Å². The predicted molar refractivity (Wildman–Crippen MR) is 114 cm³/mol. The van der Waals surface area contributed by atoms with Gasteiger partial charge in [0.15, 0.2) is 0 Å². The molecule has 0 saturated carbocycles. The number of hydrogen-bond donors (Lipinski definition) is 1. The van der Waals surface area contributed by atoms with Crippen LogP contribution in [0, 0.1) is 18.3 Å². The Balaban J connectivity index is 0.000000209.